The van der Waals surface area contributed by atoms with Crippen LogP contribution in [0.1, 0.15) is 30.0 Å². The Morgan fingerprint density at radius 3 is 2.21 bits per heavy atom. The lowest BCUT2D eigenvalue weighted by molar-refractivity contribution is -0.140. The van der Waals surface area contributed by atoms with Gasteiger partial charge in [0.1, 0.15) is 6.04 Å². The lowest BCUT2D eigenvalue weighted by Gasteiger charge is -2.32. The Morgan fingerprint density at radius 2 is 1.56 bits per heavy atom. The van der Waals surface area contributed by atoms with E-state index in [0.717, 1.165) is 17.5 Å². The summed E-state index contributed by atoms with van der Waals surface area (Å²) in [5.41, 5.74) is 2.50. The third kappa shape index (κ3) is 7.49. The maximum Gasteiger partial charge on any atom is 0.243 e. The summed E-state index contributed by atoms with van der Waals surface area (Å²) in [7, 11) is 0. The minimum atomic E-state index is -0.691. The molecule has 0 saturated heterocycles. The summed E-state index contributed by atoms with van der Waals surface area (Å²) in [4.78, 5) is 28.6. The summed E-state index contributed by atoms with van der Waals surface area (Å²) in [6.45, 7) is 2.79. The zero-order valence-corrected chi connectivity index (χ0v) is 21.2. The van der Waals surface area contributed by atoms with Crippen LogP contribution in [0.15, 0.2) is 72.8 Å². The van der Waals surface area contributed by atoms with Gasteiger partial charge in [-0.2, -0.15) is 0 Å². The monoisotopic (exact) mass is 516 g/mol. The molecule has 34 heavy (non-hydrogen) atoms. The van der Waals surface area contributed by atoms with Gasteiger partial charge < -0.3 is 10.2 Å². The quantitative estimate of drug-likeness (QED) is 0.340. The molecule has 3 aromatic carbocycles. The van der Waals surface area contributed by atoms with Gasteiger partial charge in [-0.05, 0) is 47.4 Å². The molecule has 0 unspecified atom stereocenters. The van der Waals surface area contributed by atoms with E-state index in [1.165, 1.54) is 0 Å². The molecule has 1 N–H and O–H groups in total. The van der Waals surface area contributed by atoms with Gasteiger partial charge in [-0.1, -0.05) is 90.3 Å². The van der Waals surface area contributed by atoms with Crippen LogP contribution < -0.4 is 5.32 Å². The highest BCUT2D eigenvalue weighted by Gasteiger charge is 2.30. The zero-order chi connectivity index (χ0) is 24.5. The Hall–Kier alpha value is -2.53. The van der Waals surface area contributed by atoms with Crippen molar-refractivity contribution in [2.45, 2.75) is 38.8 Å². The highest BCUT2D eigenvalue weighted by molar-refractivity contribution is 6.35. The average Bonchev–Trinajstić information content (AvgIpc) is 2.83. The summed E-state index contributed by atoms with van der Waals surface area (Å²) in [5, 5.41) is 4.49. The topological polar surface area (TPSA) is 49.4 Å². The second kappa shape index (κ2) is 12.8. The van der Waals surface area contributed by atoms with E-state index < -0.39 is 6.04 Å². The first-order valence-corrected chi connectivity index (χ1v) is 12.3. The van der Waals surface area contributed by atoms with Crippen molar-refractivity contribution in [1.29, 1.82) is 0 Å². The van der Waals surface area contributed by atoms with Crippen LogP contribution in [0.5, 0.6) is 0 Å². The van der Waals surface area contributed by atoms with E-state index in [2.05, 4.69) is 5.32 Å². The van der Waals surface area contributed by atoms with Crippen LogP contribution in [0.2, 0.25) is 15.1 Å². The van der Waals surface area contributed by atoms with Gasteiger partial charge >= 0.3 is 0 Å². The standard InChI is InChI=1S/C27H27Cl3N2O2/c1-2-14-31-27(34)25(15-19-6-4-3-5-7-19)32(18-20-8-11-22(28)12-9-20)26(33)16-21-10-13-23(29)17-24(21)30/h3-13,17,25H,2,14-16,18H2,1H3,(H,31,34)/t25-/m1/s1. The molecule has 0 aromatic heterocycles. The summed E-state index contributed by atoms with van der Waals surface area (Å²) < 4.78 is 0. The molecule has 2 amide bonds. The van der Waals surface area contributed by atoms with Crippen molar-refractivity contribution in [3.05, 3.63) is 105 Å². The predicted octanol–water partition coefficient (Wildman–Crippen LogP) is 6.36. The molecule has 1 atom stereocenters. The average molecular weight is 518 g/mol. The van der Waals surface area contributed by atoms with Crippen molar-refractivity contribution in [3.63, 3.8) is 0 Å². The number of carbonyl (C=O) groups excluding carboxylic acids is 2. The third-order valence-corrected chi connectivity index (χ3v) is 6.28. The van der Waals surface area contributed by atoms with E-state index >= 15 is 0 Å². The molecule has 4 nitrogen and oxygen atoms in total. The Bertz CT molecular complexity index is 1100. The molecule has 0 aliphatic rings. The summed E-state index contributed by atoms with van der Waals surface area (Å²) in [6, 6.07) is 21.3. The fourth-order valence-corrected chi connectivity index (χ4v) is 4.24. The Labute approximate surface area is 215 Å². The van der Waals surface area contributed by atoms with Gasteiger partial charge in [0.05, 0.1) is 6.42 Å². The first-order chi connectivity index (χ1) is 16.4. The number of hydrogen-bond donors (Lipinski definition) is 1. The van der Waals surface area contributed by atoms with Gasteiger partial charge in [0.2, 0.25) is 11.8 Å². The minimum Gasteiger partial charge on any atom is -0.354 e. The SMILES string of the molecule is CCCNC(=O)[C@@H](Cc1ccccc1)N(Cc1ccc(Cl)cc1)C(=O)Cc1ccc(Cl)cc1Cl. The van der Waals surface area contributed by atoms with Crippen LogP contribution in [0, 0.1) is 0 Å². The van der Waals surface area contributed by atoms with Crippen LogP contribution in [0.25, 0.3) is 0 Å². The number of carbonyl (C=O) groups is 2. The molecule has 3 rings (SSSR count). The Morgan fingerprint density at radius 1 is 0.882 bits per heavy atom. The van der Waals surface area contributed by atoms with Crippen LogP contribution in [0.3, 0.4) is 0 Å². The molecular formula is C27H27Cl3N2O2. The van der Waals surface area contributed by atoms with Crippen LogP contribution in [0.4, 0.5) is 0 Å². The first-order valence-electron chi connectivity index (χ1n) is 11.2. The molecule has 0 aliphatic heterocycles. The molecular weight excluding hydrogens is 491 g/mol. The fraction of sp³-hybridized carbons (Fsp3) is 0.259. The summed E-state index contributed by atoms with van der Waals surface area (Å²) in [6.07, 6.45) is 1.25. The molecule has 0 saturated carbocycles. The van der Waals surface area contributed by atoms with E-state index in [0.29, 0.717) is 33.6 Å². The van der Waals surface area contributed by atoms with Gasteiger partial charge in [0, 0.05) is 34.6 Å². The number of amides is 2. The molecule has 0 aliphatic carbocycles. The van der Waals surface area contributed by atoms with Gasteiger partial charge in [0.15, 0.2) is 0 Å². The lowest BCUT2D eigenvalue weighted by Crippen LogP contribution is -2.51. The van der Waals surface area contributed by atoms with Crippen molar-refractivity contribution < 1.29 is 9.59 Å². The van der Waals surface area contributed by atoms with Crippen LogP contribution >= 0.6 is 34.8 Å². The van der Waals surface area contributed by atoms with Gasteiger partial charge in [-0.3, -0.25) is 9.59 Å². The lowest BCUT2D eigenvalue weighted by atomic mass is 10.0. The number of nitrogens with one attached hydrogen (secondary N) is 1. The smallest absolute Gasteiger partial charge is 0.243 e. The van der Waals surface area contributed by atoms with Crippen LogP contribution in [-0.2, 0) is 29.0 Å². The normalized spacial score (nSPS) is 11.6. The maximum absolute atomic E-state index is 13.7. The largest absolute Gasteiger partial charge is 0.354 e. The maximum atomic E-state index is 13.7. The molecule has 0 heterocycles. The van der Waals surface area contributed by atoms with E-state index in [-0.39, 0.29) is 24.8 Å². The second-order valence-electron chi connectivity index (χ2n) is 8.06. The van der Waals surface area contributed by atoms with Crippen molar-refractivity contribution in [3.8, 4) is 0 Å². The van der Waals surface area contributed by atoms with Crippen molar-refractivity contribution >= 4 is 46.6 Å². The number of rotatable bonds is 10. The summed E-state index contributed by atoms with van der Waals surface area (Å²) >= 11 is 18.4. The molecule has 0 spiro atoms. The number of hydrogen-bond acceptors (Lipinski definition) is 2. The summed E-state index contributed by atoms with van der Waals surface area (Å²) in [5.74, 6) is -0.387. The highest BCUT2D eigenvalue weighted by Crippen LogP contribution is 2.23. The number of benzene rings is 3. The zero-order valence-electron chi connectivity index (χ0n) is 18.9. The molecule has 0 bridgehead atoms. The van der Waals surface area contributed by atoms with Gasteiger partial charge in [-0.15, -0.1) is 0 Å². The van der Waals surface area contributed by atoms with E-state index in [1.807, 2.05) is 49.4 Å². The van der Waals surface area contributed by atoms with Crippen molar-refractivity contribution in [1.82, 2.24) is 10.2 Å². The Balaban J connectivity index is 1.96. The van der Waals surface area contributed by atoms with Gasteiger partial charge in [-0.25, -0.2) is 0 Å². The number of nitrogens with zero attached hydrogens (tertiary/aromatic N) is 1. The first kappa shape index (κ1) is 26.1. The fourth-order valence-electron chi connectivity index (χ4n) is 3.64. The third-order valence-electron chi connectivity index (χ3n) is 5.44. The molecule has 3 aromatic rings. The number of halogens is 3. The second-order valence-corrected chi connectivity index (χ2v) is 9.34. The highest BCUT2D eigenvalue weighted by atomic mass is 35.5. The molecule has 7 heteroatoms. The molecule has 0 radical (unpaired) electrons. The van der Waals surface area contributed by atoms with Gasteiger partial charge in [0.25, 0.3) is 0 Å². The van der Waals surface area contributed by atoms with E-state index in [9.17, 15) is 9.59 Å². The minimum absolute atomic E-state index is 0.0515. The molecule has 0 fully saturated rings. The predicted molar refractivity (Wildman–Crippen MR) is 139 cm³/mol. The Kier molecular flexibility index (Phi) is 9.82. The van der Waals surface area contributed by atoms with Crippen molar-refractivity contribution in [2.75, 3.05) is 6.54 Å². The van der Waals surface area contributed by atoms with E-state index in [4.69, 9.17) is 34.8 Å². The van der Waals surface area contributed by atoms with Crippen molar-refractivity contribution in [2.24, 2.45) is 0 Å². The van der Waals surface area contributed by atoms with E-state index in [1.54, 1.807) is 35.2 Å². The molecule has 178 valence electrons. The van der Waals surface area contributed by atoms with Crippen LogP contribution in [-0.4, -0.2) is 29.3 Å².